The summed E-state index contributed by atoms with van der Waals surface area (Å²) < 4.78 is 0. The Morgan fingerprint density at radius 1 is 1.28 bits per heavy atom. The van der Waals surface area contributed by atoms with Crippen molar-refractivity contribution in [2.45, 2.75) is 63.8 Å². The van der Waals surface area contributed by atoms with E-state index in [0.29, 0.717) is 24.7 Å². The van der Waals surface area contributed by atoms with Gasteiger partial charge in [0.05, 0.1) is 12.2 Å². The lowest BCUT2D eigenvalue weighted by Crippen LogP contribution is -2.43. The summed E-state index contributed by atoms with van der Waals surface area (Å²) in [5, 5.41) is 11.9. The number of nitrogens with one attached hydrogen (secondary N) is 2. The molecule has 1 saturated heterocycles. The summed E-state index contributed by atoms with van der Waals surface area (Å²) in [6.45, 7) is 1.62. The van der Waals surface area contributed by atoms with Gasteiger partial charge in [0.15, 0.2) is 5.82 Å². The van der Waals surface area contributed by atoms with E-state index < -0.39 is 0 Å². The van der Waals surface area contributed by atoms with Crippen LogP contribution in [-0.2, 0) is 9.59 Å². The zero-order valence-corrected chi connectivity index (χ0v) is 16.8. The van der Waals surface area contributed by atoms with Crippen LogP contribution in [0, 0.1) is 17.3 Å². The summed E-state index contributed by atoms with van der Waals surface area (Å²) in [7, 11) is 0. The molecular formula is C21H31N5O3. The molecule has 0 bridgehead atoms. The minimum absolute atomic E-state index is 0.0412. The lowest BCUT2D eigenvalue weighted by atomic mass is 9.90. The van der Waals surface area contributed by atoms with Crippen molar-refractivity contribution in [2.75, 3.05) is 18.4 Å². The molecule has 2 saturated carbocycles. The molecule has 0 radical (unpaired) electrons. The van der Waals surface area contributed by atoms with E-state index in [1.54, 1.807) is 24.1 Å². The Morgan fingerprint density at radius 3 is 2.72 bits per heavy atom. The topological polar surface area (TPSA) is 107 Å². The minimum atomic E-state index is -0.339. The first-order valence-electron chi connectivity index (χ1n) is 10.8. The fourth-order valence-electron chi connectivity index (χ4n) is 5.29. The van der Waals surface area contributed by atoms with E-state index in [9.17, 15) is 9.59 Å². The highest BCUT2D eigenvalue weighted by atomic mass is 16.5. The van der Waals surface area contributed by atoms with Crippen molar-refractivity contribution in [3.8, 4) is 0 Å². The summed E-state index contributed by atoms with van der Waals surface area (Å²) >= 11 is 0. The molecule has 1 aromatic heterocycles. The van der Waals surface area contributed by atoms with E-state index in [-0.39, 0.29) is 29.2 Å². The molecule has 1 aliphatic heterocycles. The molecular weight excluding hydrogens is 370 g/mol. The molecule has 2 amide bonds. The molecule has 3 aliphatic rings. The monoisotopic (exact) mass is 401 g/mol. The van der Waals surface area contributed by atoms with Crippen LogP contribution >= 0.6 is 0 Å². The van der Waals surface area contributed by atoms with Crippen LogP contribution in [0.15, 0.2) is 18.6 Å². The molecule has 158 valence electrons. The molecule has 2 heterocycles. The Kier molecular flexibility index (Phi) is 6.10. The Hall–Kier alpha value is -2.06. The van der Waals surface area contributed by atoms with Crippen LogP contribution in [-0.4, -0.2) is 51.0 Å². The number of likely N-dealkylation sites (tertiary alicyclic amines) is 1. The number of nitrogens with zero attached hydrogens (tertiary/aromatic N) is 3. The van der Waals surface area contributed by atoms with Crippen molar-refractivity contribution in [1.29, 1.82) is 0 Å². The maximum absolute atomic E-state index is 13.0. The Morgan fingerprint density at radius 2 is 2.07 bits per heavy atom. The molecule has 2 aliphatic carbocycles. The van der Waals surface area contributed by atoms with Crippen LogP contribution in [0.5, 0.6) is 0 Å². The average Bonchev–Trinajstić information content (AvgIpc) is 3.11. The largest absolute Gasteiger partial charge is 0.308 e. The smallest absolute Gasteiger partial charge is 0.243 e. The Labute approximate surface area is 171 Å². The van der Waals surface area contributed by atoms with Gasteiger partial charge in [-0.3, -0.25) is 24.7 Å². The number of anilines is 1. The van der Waals surface area contributed by atoms with Crippen molar-refractivity contribution in [3.63, 3.8) is 0 Å². The molecule has 1 unspecified atom stereocenters. The molecule has 0 aromatic carbocycles. The standard InChI is InChI=1S/C21H31N5O3/c27-19(25-29)10-16(9-15-3-1-2-4-15)13-26-14-21(5-6-21)11-17(26)20(28)24-18-12-22-7-8-23-18/h7-8,12,15-17,29H,1-6,9-11,13-14H2,(H,25,27)(H,23,24,28)/t16?,17-/m0/s1. The lowest BCUT2D eigenvalue weighted by molar-refractivity contribution is -0.130. The van der Waals surface area contributed by atoms with E-state index in [1.165, 1.54) is 38.5 Å². The normalized spacial score (nSPS) is 24.5. The predicted molar refractivity (Wildman–Crippen MR) is 107 cm³/mol. The first-order chi connectivity index (χ1) is 14.1. The maximum Gasteiger partial charge on any atom is 0.243 e. The van der Waals surface area contributed by atoms with E-state index in [2.05, 4.69) is 20.2 Å². The highest BCUT2D eigenvalue weighted by Gasteiger charge is 2.54. The number of hydrogen-bond acceptors (Lipinski definition) is 6. The third-order valence-electron chi connectivity index (χ3n) is 6.91. The minimum Gasteiger partial charge on any atom is -0.308 e. The van der Waals surface area contributed by atoms with E-state index in [0.717, 1.165) is 19.4 Å². The fourth-order valence-corrected chi connectivity index (χ4v) is 5.29. The highest BCUT2D eigenvalue weighted by Crippen LogP contribution is 2.55. The summed E-state index contributed by atoms with van der Waals surface area (Å²) in [5.41, 5.74) is 2.05. The van der Waals surface area contributed by atoms with E-state index in [4.69, 9.17) is 5.21 Å². The van der Waals surface area contributed by atoms with Gasteiger partial charge in [0.1, 0.15) is 0 Å². The van der Waals surface area contributed by atoms with Gasteiger partial charge in [-0.15, -0.1) is 0 Å². The molecule has 8 heteroatoms. The van der Waals surface area contributed by atoms with Crippen molar-refractivity contribution in [3.05, 3.63) is 18.6 Å². The molecule has 8 nitrogen and oxygen atoms in total. The Balaban J connectivity index is 1.43. The number of rotatable bonds is 8. The first-order valence-corrected chi connectivity index (χ1v) is 10.8. The van der Waals surface area contributed by atoms with Crippen LogP contribution in [0.3, 0.4) is 0 Å². The van der Waals surface area contributed by atoms with Gasteiger partial charge >= 0.3 is 0 Å². The quantitative estimate of drug-likeness (QED) is 0.456. The number of aromatic nitrogens is 2. The van der Waals surface area contributed by atoms with Gasteiger partial charge in [0.25, 0.3) is 0 Å². The number of hydroxylamine groups is 1. The molecule has 3 fully saturated rings. The third-order valence-corrected chi connectivity index (χ3v) is 6.91. The second-order valence-corrected chi connectivity index (χ2v) is 9.22. The van der Waals surface area contributed by atoms with Crippen LogP contribution < -0.4 is 10.8 Å². The summed E-state index contributed by atoms with van der Waals surface area (Å²) in [4.78, 5) is 35.3. The highest BCUT2D eigenvalue weighted by molar-refractivity contribution is 5.94. The SMILES string of the molecule is O=C(CC(CC1CCCC1)CN1CC2(CC2)C[C@H]1C(=O)Nc1cnccn1)NO. The van der Waals surface area contributed by atoms with Gasteiger partial charge in [-0.1, -0.05) is 25.7 Å². The van der Waals surface area contributed by atoms with Crippen LogP contribution in [0.25, 0.3) is 0 Å². The molecule has 1 spiro atoms. The first kappa shape index (κ1) is 20.2. The Bertz CT molecular complexity index is 718. The second-order valence-electron chi connectivity index (χ2n) is 9.22. The van der Waals surface area contributed by atoms with Crippen LogP contribution in [0.4, 0.5) is 5.82 Å². The van der Waals surface area contributed by atoms with Gasteiger partial charge in [0.2, 0.25) is 11.8 Å². The maximum atomic E-state index is 13.0. The lowest BCUT2D eigenvalue weighted by Gasteiger charge is -2.29. The van der Waals surface area contributed by atoms with Crippen LogP contribution in [0.1, 0.15) is 57.8 Å². The van der Waals surface area contributed by atoms with Gasteiger partial charge in [-0.25, -0.2) is 10.5 Å². The predicted octanol–water partition coefficient (Wildman–Crippen LogP) is 2.36. The summed E-state index contributed by atoms with van der Waals surface area (Å²) in [6.07, 6.45) is 14.1. The van der Waals surface area contributed by atoms with Gasteiger partial charge in [-0.05, 0) is 42.9 Å². The second kappa shape index (κ2) is 8.75. The van der Waals surface area contributed by atoms with Gasteiger partial charge in [0, 0.05) is 31.9 Å². The van der Waals surface area contributed by atoms with Crippen molar-refractivity contribution in [2.24, 2.45) is 17.3 Å². The van der Waals surface area contributed by atoms with E-state index in [1.807, 2.05) is 0 Å². The summed E-state index contributed by atoms with van der Waals surface area (Å²) in [6, 6.07) is -0.206. The van der Waals surface area contributed by atoms with Crippen molar-refractivity contribution < 1.29 is 14.8 Å². The molecule has 2 atom stereocenters. The van der Waals surface area contributed by atoms with Crippen LogP contribution in [0.2, 0.25) is 0 Å². The number of carbonyl (C=O) groups excluding carboxylic acids is 2. The van der Waals surface area contributed by atoms with Crippen molar-refractivity contribution >= 4 is 17.6 Å². The van der Waals surface area contributed by atoms with Gasteiger partial charge in [-0.2, -0.15) is 0 Å². The number of hydrogen-bond donors (Lipinski definition) is 3. The zero-order chi connectivity index (χ0) is 20.3. The molecule has 29 heavy (non-hydrogen) atoms. The fraction of sp³-hybridized carbons (Fsp3) is 0.714. The molecule has 4 rings (SSSR count). The number of amides is 2. The summed E-state index contributed by atoms with van der Waals surface area (Å²) in [5.74, 6) is 0.882. The number of carbonyl (C=O) groups is 2. The molecule has 1 aromatic rings. The molecule has 3 N–H and O–H groups in total. The zero-order valence-electron chi connectivity index (χ0n) is 16.8. The van der Waals surface area contributed by atoms with Crippen molar-refractivity contribution in [1.82, 2.24) is 20.3 Å². The van der Waals surface area contributed by atoms with E-state index >= 15 is 0 Å². The average molecular weight is 402 g/mol. The van der Waals surface area contributed by atoms with Gasteiger partial charge < -0.3 is 5.32 Å². The third kappa shape index (κ3) is 5.11.